The predicted molar refractivity (Wildman–Crippen MR) is 135 cm³/mol. The summed E-state index contributed by atoms with van der Waals surface area (Å²) in [6, 6.07) is 14.5. The highest BCUT2D eigenvalue weighted by Crippen LogP contribution is 2.36. The number of carbonyl (C=O) groups excluding carboxylic acids is 3. The van der Waals surface area contributed by atoms with Gasteiger partial charge in [-0.25, -0.2) is 9.18 Å². The molecular weight excluding hydrogens is 479 g/mol. The van der Waals surface area contributed by atoms with E-state index >= 15 is 4.39 Å². The third-order valence-electron chi connectivity index (χ3n) is 7.21. The van der Waals surface area contributed by atoms with E-state index in [-0.39, 0.29) is 43.3 Å². The molecule has 0 aromatic heterocycles. The summed E-state index contributed by atoms with van der Waals surface area (Å²) in [5, 5.41) is 2.63. The molecule has 3 heterocycles. The van der Waals surface area contributed by atoms with Gasteiger partial charge in [0.15, 0.2) is 0 Å². The van der Waals surface area contributed by atoms with Gasteiger partial charge < -0.3 is 24.6 Å². The van der Waals surface area contributed by atoms with E-state index in [0.29, 0.717) is 44.2 Å². The van der Waals surface area contributed by atoms with Gasteiger partial charge in [0.25, 0.3) is 0 Å². The number of nitrogens with zero attached hydrogens (tertiary/aromatic N) is 3. The molecule has 3 unspecified atom stereocenters. The number of hydrogen-bond acceptors (Lipinski definition) is 6. The Morgan fingerprint density at radius 3 is 2.46 bits per heavy atom. The number of likely N-dealkylation sites (tertiary alicyclic amines) is 1. The molecule has 10 heteroatoms. The van der Waals surface area contributed by atoms with Crippen molar-refractivity contribution in [3.8, 4) is 0 Å². The molecule has 0 saturated carbocycles. The molecular formula is C27H31FN4O5. The molecule has 0 spiro atoms. The van der Waals surface area contributed by atoms with Gasteiger partial charge in [0.05, 0.1) is 31.1 Å². The summed E-state index contributed by atoms with van der Waals surface area (Å²) in [7, 11) is 0. The van der Waals surface area contributed by atoms with Gasteiger partial charge in [0.2, 0.25) is 11.8 Å². The van der Waals surface area contributed by atoms with Crippen LogP contribution in [0, 0.1) is 17.7 Å². The van der Waals surface area contributed by atoms with Crippen LogP contribution in [0.4, 0.5) is 20.6 Å². The van der Waals surface area contributed by atoms with E-state index in [1.165, 1.54) is 17.9 Å². The second-order valence-corrected chi connectivity index (χ2v) is 9.89. The van der Waals surface area contributed by atoms with Crippen molar-refractivity contribution in [3.05, 3.63) is 59.9 Å². The molecule has 37 heavy (non-hydrogen) atoms. The zero-order chi connectivity index (χ0) is 25.9. The number of halogens is 1. The van der Waals surface area contributed by atoms with Gasteiger partial charge in [-0.15, -0.1) is 0 Å². The number of nitrogens with one attached hydrogen (secondary N) is 1. The molecule has 3 aliphatic heterocycles. The van der Waals surface area contributed by atoms with E-state index < -0.39 is 18.0 Å². The Bertz CT molecular complexity index is 1150. The monoisotopic (exact) mass is 510 g/mol. The van der Waals surface area contributed by atoms with E-state index in [4.69, 9.17) is 9.47 Å². The molecule has 3 atom stereocenters. The third-order valence-corrected chi connectivity index (χ3v) is 7.21. The van der Waals surface area contributed by atoms with Crippen molar-refractivity contribution >= 4 is 29.3 Å². The van der Waals surface area contributed by atoms with Crippen molar-refractivity contribution in [3.63, 3.8) is 0 Å². The molecule has 3 aliphatic rings. The minimum absolute atomic E-state index is 0.0123. The second-order valence-electron chi connectivity index (χ2n) is 9.89. The largest absolute Gasteiger partial charge is 0.442 e. The van der Waals surface area contributed by atoms with Crippen LogP contribution in [0.1, 0.15) is 12.5 Å². The van der Waals surface area contributed by atoms with Crippen LogP contribution in [0.5, 0.6) is 0 Å². The van der Waals surface area contributed by atoms with Gasteiger partial charge in [-0.3, -0.25) is 14.5 Å². The van der Waals surface area contributed by atoms with Crippen molar-refractivity contribution in [2.24, 2.45) is 11.8 Å². The SMILES string of the molecule is CC(=O)NCC1CN(c2ccc(N3CC4CN(C(=O)COCc5ccccc5)CC4C3)c(F)c2)C(=O)O1. The van der Waals surface area contributed by atoms with Crippen LogP contribution in [0.3, 0.4) is 0 Å². The highest BCUT2D eigenvalue weighted by Gasteiger charge is 2.42. The maximum Gasteiger partial charge on any atom is 0.414 e. The van der Waals surface area contributed by atoms with E-state index in [1.807, 2.05) is 40.1 Å². The van der Waals surface area contributed by atoms with E-state index in [0.717, 1.165) is 5.56 Å². The topological polar surface area (TPSA) is 91.4 Å². The van der Waals surface area contributed by atoms with E-state index in [1.54, 1.807) is 12.1 Å². The van der Waals surface area contributed by atoms with Crippen molar-refractivity contribution in [1.29, 1.82) is 0 Å². The van der Waals surface area contributed by atoms with E-state index in [9.17, 15) is 14.4 Å². The fraction of sp³-hybridized carbons (Fsp3) is 0.444. The predicted octanol–water partition coefficient (Wildman–Crippen LogP) is 2.40. The Morgan fingerprint density at radius 2 is 1.78 bits per heavy atom. The summed E-state index contributed by atoms with van der Waals surface area (Å²) in [5.74, 6) is -0.0656. The first-order valence-corrected chi connectivity index (χ1v) is 12.5. The second kappa shape index (κ2) is 10.8. The quantitative estimate of drug-likeness (QED) is 0.587. The van der Waals surface area contributed by atoms with Crippen molar-refractivity contribution in [1.82, 2.24) is 10.2 Å². The molecule has 0 radical (unpaired) electrons. The number of amides is 3. The molecule has 3 amide bonds. The Labute approximate surface area is 215 Å². The standard InChI is InChI=1S/C27H31FN4O5/c1-18(33)29-10-23-15-32(27(35)37-23)22-7-8-25(24(28)9-22)30-11-20-13-31(14-21(20)12-30)26(34)17-36-16-19-5-3-2-4-6-19/h2-9,20-21,23H,10-17H2,1H3,(H,29,33). The van der Waals surface area contributed by atoms with Gasteiger partial charge in [-0.2, -0.15) is 0 Å². The van der Waals surface area contributed by atoms with Crippen molar-refractivity contribution in [2.45, 2.75) is 19.6 Å². The normalized spacial score (nSPS) is 22.8. The molecule has 0 bridgehead atoms. The highest BCUT2D eigenvalue weighted by molar-refractivity contribution is 5.90. The summed E-state index contributed by atoms with van der Waals surface area (Å²) < 4.78 is 26.0. The van der Waals surface area contributed by atoms with Crippen molar-refractivity contribution in [2.75, 3.05) is 55.7 Å². The van der Waals surface area contributed by atoms with Gasteiger partial charge in [-0.05, 0) is 23.8 Å². The molecule has 196 valence electrons. The summed E-state index contributed by atoms with van der Waals surface area (Å²) >= 11 is 0. The molecule has 1 N–H and O–H groups in total. The van der Waals surface area contributed by atoms with Gasteiger partial charge >= 0.3 is 6.09 Å². The first kappa shape index (κ1) is 25.0. The third kappa shape index (κ3) is 5.69. The summed E-state index contributed by atoms with van der Waals surface area (Å²) in [6.07, 6.45) is -1.04. The van der Waals surface area contributed by atoms with Gasteiger partial charge in [0.1, 0.15) is 18.5 Å². The lowest BCUT2D eigenvalue weighted by Crippen LogP contribution is -2.35. The Balaban J connectivity index is 1.12. The smallest absolute Gasteiger partial charge is 0.414 e. The number of carbonyl (C=O) groups is 3. The number of hydrogen-bond donors (Lipinski definition) is 1. The lowest BCUT2D eigenvalue weighted by atomic mass is 10.0. The van der Waals surface area contributed by atoms with Crippen LogP contribution in [0.2, 0.25) is 0 Å². The number of rotatable bonds is 8. The average Bonchev–Trinajstić information content (AvgIpc) is 3.56. The maximum atomic E-state index is 15.1. The van der Waals surface area contributed by atoms with Crippen LogP contribution < -0.4 is 15.1 Å². The van der Waals surface area contributed by atoms with Crippen LogP contribution in [-0.2, 0) is 25.7 Å². The average molecular weight is 511 g/mol. The Morgan fingerprint density at radius 1 is 1.05 bits per heavy atom. The molecule has 3 saturated heterocycles. The first-order valence-electron chi connectivity index (χ1n) is 12.5. The lowest BCUT2D eigenvalue weighted by molar-refractivity contribution is -0.135. The fourth-order valence-electron chi connectivity index (χ4n) is 5.33. The number of fused-ring (bicyclic) bond motifs is 1. The number of cyclic esters (lactones) is 1. The summed E-state index contributed by atoms with van der Waals surface area (Å²) in [6.45, 7) is 4.93. The summed E-state index contributed by atoms with van der Waals surface area (Å²) in [4.78, 5) is 41.2. The van der Waals surface area contributed by atoms with Gasteiger partial charge in [-0.1, -0.05) is 30.3 Å². The first-order chi connectivity index (χ1) is 17.9. The number of ether oxygens (including phenoxy) is 2. The van der Waals surface area contributed by atoms with Gasteiger partial charge in [0, 0.05) is 44.9 Å². The molecule has 2 aromatic carbocycles. The van der Waals surface area contributed by atoms with Crippen LogP contribution in [0.25, 0.3) is 0 Å². The Hall–Kier alpha value is -3.66. The number of benzene rings is 2. The molecule has 2 aromatic rings. The molecule has 0 aliphatic carbocycles. The summed E-state index contributed by atoms with van der Waals surface area (Å²) in [5.41, 5.74) is 1.94. The minimum atomic E-state index is -0.560. The fourth-order valence-corrected chi connectivity index (χ4v) is 5.33. The van der Waals surface area contributed by atoms with Crippen molar-refractivity contribution < 1.29 is 28.2 Å². The van der Waals surface area contributed by atoms with Crippen LogP contribution >= 0.6 is 0 Å². The zero-order valence-corrected chi connectivity index (χ0v) is 20.8. The lowest BCUT2D eigenvalue weighted by Gasteiger charge is -2.24. The van der Waals surface area contributed by atoms with Crippen LogP contribution in [0.15, 0.2) is 48.5 Å². The molecule has 3 fully saturated rings. The number of anilines is 2. The molecule has 5 rings (SSSR count). The maximum absolute atomic E-state index is 15.1. The molecule has 9 nitrogen and oxygen atoms in total. The Kier molecular flexibility index (Phi) is 7.27. The zero-order valence-electron chi connectivity index (χ0n) is 20.8. The minimum Gasteiger partial charge on any atom is -0.442 e. The van der Waals surface area contributed by atoms with E-state index in [2.05, 4.69) is 5.32 Å². The highest BCUT2D eigenvalue weighted by atomic mass is 19.1. The van der Waals surface area contributed by atoms with Crippen LogP contribution in [-0.4, -0.2) is 74.8 Å².